The number of hydrogen-bond acceptors (Lipinski definition) is 4. The van der Waals surface area contributed by atoms with Crippen LogP contribution in [-0.2, 0) is 16.6 Å². The van der Waals surface area contributed by atoms with E-state index in [0.717, 1.165) is 10.4 Å². The second-order valence-corrected chi connectivity index (χ2v) is 7.68. The van der Waals surface area contributed by atoms with E-state index >= 15 is 0 Å². The number of nitrogen functional groups attached to an aromatic ring is 1. The normalized spacial score (nSPS) is 11.8. The Bertz CT molecular complexity index is 719. The average Bonchev–Trinajstić information content (AvgIpc) is 2.70. The number of anilines is 1. The van der Waals surface area contributed by atoms with Crippen molar-refractivity contribution in [3.63, 3.8) is 0 Å². The summed E-state index contributed by atoms with van der Waals surface area (Å²) in [6.07, 6.45) is 0. The van der Waals surface area contributed by atoms with E-state index in [1.165, 1.54) is 23.5 Å². The summed E-state index contributed by atoms with van der Waals surface area (Å²) in [6, 6.07) is 4.65. The van der Waals surface area contributed by atoms with Crippen molar-refractivity contribution in [1.82, 2.24) is 4.72 Å². The fourth-order valence-electron chi connectivity index (χ4n) is 1.65. The summed E-state index contributed by atoms with van der Waals surface area (Å²) in [5.41, 5.74) is 6.91. The highest BCUT2D eigenvalue weighted by Crippen LogP contribution is 2.31. The topological polar surface area (TPSA) is 72.2 Å². The van der Waals surface area contributed by atoms with Crippen LogP contribution >= 0.6 is 34.5 Å². The third-order valence-electron chi connectivity index (χ3n) is 2.68. The molecule has 0 aliphatic rings. The van der Waals surface area contributed by atoms with Gasteiger partial charge in [0.1, 0.15) is 4.90 Å². The van der Waals surface area contributed by atoms with Gasteiger partial charge in [0.15, 0.2) is 0 Å². The molecule has 0 aliphatic heterocycles. The monoisotopic (exact) mass is 350 g/mol. The van der Waals surface area contributed by atoms with Gasteiger partial charge >= 0.3 is 0 Å². The van der Waals surface area contributed by atoms with Crippen molar-refractivity contribution in [2.75, 3.05) is 5.73 Å². The van der Waals surface area contributed by atoms with Gasteiger partial charge in [-0.15, -0.1) is 11.3 Å². The summed E-state index contributed by atoms with van der Waals surface area (Å²) in [5, 5.41) is 1.91. The predicted octanol–water partition coefficient (Wildman–Crippen LogP) is 3.42. The number of aryl methyl sites for hydroxylation is 1. The lowest BCUT2D eigenvalue weighted by atomic mass is 10.3. The van der Waals surface area contributed by atoms with Crippen molar-refractivity contribution < 1.29 is 8.42 Å². The molecular weight excluding hydrogens is 339 g/mol. The molecule has 0 fully saturated rings. The Kier molecular flexibility index (Phi) is 4.61. The minimum absolute atomic E-state index is 0.00500. The first kappa shape index (κ1) is 15.6. The van der Waals surface area contributed by atoms with Crippen LogP contribution in [0.3, 0.4) is 0 Å². The van der Waals surface area contributed by atoms with Crippen molar-refractivity contribution in [2.24, 2.45) is 0 Å². The van der Waals surface area contributed by atoms with E-state index in [9.17, 15) is 8.42 Å². The summed E-state index contributed by atoms with van der Waals surface area (Å²) in [4.78, 5) is 0.792. The highest BCUT2D eigenvalue weighted by Gasteiger charge is 2.22. The maximum atomic E-state index is 12.3. The Labute approximate surface area is 131 Å². The molecule has 0 amide bonds. The number of halogens is 2. The number of hydrogen-bond donors (Lipinski definition) is 2. The quantitative estimate of drug-likeness (QED) is 0.829. The predicted molar refractivity (Wildman–Crippen MR) is 84.0 cm³/mol. The molecular formula is C12H12Cl2N2O2S2. The van der Waals surface area contributed by atoms with Gasteiger partial charge in [-0.05, 0) is 36.1 Å². The Balaban J connectivity index is 2.30. The summed E-state index contributed by atoms with van der Waals surface area (Å²) in [7, 11) is -3.79. The van der Waals surface area contributed by atoms with Crippen LogP contribution in [0.15, 0.2) is 28.5 Å². The molecule has 1 aromatic carbocycles. The largest absolute Gasteiger partial charge is 0.399 e. The van der Waals surface area contributed by atoms with Gasteiger partial charge in [-0.1, -0.05) is 23.2 Å². The lowest BCUT2D eigenvalue weighted by Crippen LogP contribution is -2.23. The van der Waals surface area contributed by atoms with Gasteiger partial charge < -0.3 is 5.73 Å². The molecule has 0 spiro atoms. The van der Waals surface area contributed by atoms with Gasteiger partial charge in [0, 0.05) is 17.1 Å². The molecule has 0 unspecified atom stereocenters. The molecule has 2 rings (SSSR count). The Morgan fingerprint density at radius 2 is 1.90 bits per heavy atom. The average molecular weight is 351 g/mol. The highest BCUT2D eigenvalue weighted by atomic mass is 35.5. The van der Waals surface area contributed by atoms with Crippen LogP contribution < -0.4 is 10.5 Å². The van der Waals surface area contributed by atoms with Gasteiger partial charge in [0.25, 0.3) is 0 Å². The molecule has 0 aliphatic carbocycles. The van der Waals surface area contributed by atoms with E-state index in [1.54, 1.807) is 0 Å². The molecule has 0 atom stereocenters. The Morgan fingerprint density at radius 1 is 1.30 bits per heavy atom. The molecule has 8 heteroatoms. The maximum absolute atomic E-state index is 12.3. The summed E-state index contributed by atoms with van der Waals surface area (Å²) < 4.78 is 27.0. The molecule has 3 N–H and O–H groups in total. The zero-order valence-electron chi connectivity index (χ0n) is 10.5. The molecule has 4 nitrogen and oxygen atoms in total. The number of nitrogens with one attached hydrogen (secondary N) is 1. The minimum atomic E-state index is -3.79. The summed E-state index contributed by atoms with van der Waals surface area (Å²) in [6.45, 7) is 2.12. The second-order valence-electron chi connectivity index (χ2n) is 4.17. The Morgan fingerprint density at radius 3 is 2.40 bits per heavy atom. The number of sulfonamides is 1. The molecule has 0 radical (unpaired) electrons. The molecule has 0 saturated carbocycles. The van der Waals surface area contributed by atoms with E-state index in [0.29, 0.717) is 5.69 Å². The first-order valence-electron chi connectivity index (χ1n) is 5.58. The third-order valence-corrected chi connectivity index (χ3v) is 6.03. The summed E-state index contributed by atoms with van der Waals surface area (Å²) in [5.74, 6) is 0. The molecule has 1 aromatic heterocycles. The maximum Gasteiger partial charge on any atom is 0.243 e. The van der Waals surface area contributed by atoms with Crippen LogP contribution in [0.25, 0.3) is 0 Å². The standard InChI is InChI=1S/C12H12Cl2N2O2S2/c1-7-2-3-19-11(7)6-16-20(17,18)12-9(13)4-8(15)5-10(12)14/h2-5,16H,6,15H2,1H3. The van der Waals surface area contributed by atoms with Crippen molar-refractivity contribution in [3.8, 4) is 0 Å². The van der Waals surface area contributed by atoms with Crippen molar-refractivity contribution in [1.29, 1.82) is 0 Å². The molecule has 0 bridgehead atoms. The number of nitrogens with two attached hydrogens (primary N) is 1. The van der Waals surface area contributed by atoms with Crippen LogP contribution in [-0.4, -0.2) is 8.42 Å². The molecule has 2 aromatic rings. The van der Waals surface area contributed by atoms with E-state index < -0.39 is 10.0 Å². The Hall–Kier alpha value is -0.790. The van der Waals surface area contributed by atoms with Crippen molar-refractivity contribution >= 4 is 50.2 Å². The minimum Gasteiger partial charge on any atom is -0.399 e. The van der Waals surface area contributed by atoms with Crippen molar-refractivity contribution in [2.45, 2.75) is 18.4 Å². The number of thiophene rings is 1. The zero-order chi connectivity index (χ0) is 14.9. The molecule has 0 saturated heterocycles. The van der Waals surface area contributed by atoms with Gasteiger partial charge in [0.05, 0.1) is 10.0 Å². The first-order chi connectivity index (χ1) is 9.31. The molecule has 1 heterocycles. The van der Waals surface area contributed by atoms with Crippen LogP contribution in [0, 0.1) is 6.92 Å². The van der Waals surface area contributed by atoms with E-state index in [1.807, 2.05) is 18.4 Å². The molecule has 108 valence electrons. The van der Waals surface area contributed by atoms with Gasteiger partial charge in [-0.2, -0.15) is 0 Å². The zero-order valence-corrected chi connectivity index (χ0v) is 13.6. The second kappa shape index (κ2) is 5.91. The van der Waals surface area contributed by atoms with Crippen LogP contribution in [0.5, 0.6) is 0 Å². The van der Waals surface area contributed by atoms with E-state index in [4.69, 9.17) is 28.9 Å². The van der Waals surface area contributed by atoms with Crippen LogP contribution in [0.1, 0.15) is 10.4 Å². The number of benzene rings is 1. The third kappa shape index (κ3) is 3.27. The SMILES string of the molecule is Cc1ccsc1CNS(=O)(=O)c1c(Cl)cc(N)cc1Cl. The van der Waals surface area contributed by atoms with Gasteiger partial charge in [-0.25, -0.2) is 13.1 Å². The summed E-state index contributed by atoms with van der Waals surface area (Å²) >= 11 is 13.3. The molecule has 20 heavy (non-hydrogen) atoms. The first-order valence-corrected chi connectivity index (χ1v) is 8.70. The van der Waals surface area contributed by atoms with Crippen LogP contribution in [0.2, 0.25) is 10.0 Å². The van der Waals surface area contributed by atoms with Crippen LogP contribution in [0.4, 0.5) is 5.69 Å². The van der Waals surface area contributed by atoms with Gasteiger partial charge in [-0.3, -0.25) is 0 Å². The number of rotatable bonds is 4. The highest BCUT2D eigenvalue weighted by molar-refractivity contribution is 7.89. The van der Waals surface area contributed by atoms with E-state index in [-0.39, 0.29) is 21.5 Å². The lowest BCUT2D eigenvalue weighted by molar-refractivity contribution is 0.582. The smallest absolute Gasteiger partial charge is 0.243 e. The fourth-order valence-corrected chi connectivity index (χ4v) is 4.81. The van der Waals surface area contributed by atoms with Crippen molar-refractivity contribution in [3.05, 3.63) is 44.1 Å². The van der Waals surface area contributed by atoms with Gasteiger partial charge in [0.2, 0.25) is 10.0 Å². The fraction of sp³-hybridized carbons (Fsp3) is 0.167. The van der Waals surface area contributed by atoms with E-state index in [2.05, 4.69) is 4.72 Å². The lowest BCUT2D eigenvalue weighted by Gasteiger charge is -2.10.